The average Bonchev–Trinajstić information content (AvgIpc) is 3.45. The van der Waals surface area contributed by atoms with Crippen molar-refractivity contribution >= 4 is 5.97 Å². The predicted octanol–water partition coefficient (Wildman–Crippen LogP) is 6.14. The Labute approximate surface area is 232 Å². The number of fused-ring (bicyclic) bond motifs is 4. The molecule has 0 aromatic heterocycles. The zero-order valence-corrected chi connectivity index (χ0v) is 25.2. The maximum atomic E-state index is 15.2. The number of aliphatic hydroxyl groups is 2. The Bertz CT molecular complexity index is 1050. The summed E-state index contributed by atoms with van der Waals surface area (Å²) in [6.07, 6.45) is 3.50. The number of carbonyl (C=O) groups is 1. The topological polar surface area (TPSA) is 76.0 Å². The van der Waals surface area contributed by atoms with Crippen LogP contribution in [0.3, 0.4) is 0 Å². The van der Waals surface area contributed by atoms with Gasteiger partial charge >= 0.3 is 5.97 Å². The molecule has 0 aromatic carbocycles. The van der Waals surface area contributed by atoms with E-state index in [-0.39, 0.29) is 46.3 Å². The van der Waals surface area contributed by atoms with Gasteiger partial charge in [0.1, 0.15) is 0 Å². The van der Waals surface area contributed by atoms with Crippen molar-refractivity contribution in [1.29, 1.82) is 0 Å². The molecule has 1 heterocycles. The number of esters is 1. The minimum atomic E-state index is -2.63. The molecule has 39 heavy (non-hydrogen) atoms. The van der Waals surface area contributed by atoms with E-state index in [0.717, 1.165) is 32.1 Å². The van der Waals surface area contributed by atoms with Gasteiger partial charge in [-0.3, -0.25) is 4.79 Å². The summed E-state index contributed by atoms with van der Waals surface area (Å²) >= 11 is 0. The highest BCUT2D eigenvalue weighted by Gasteiger charge is 2.85. The largest absolute Gasteiger partial charge is 0.457 e. The van der Waals surface area contributed by atoms with Gasteiger partial charge in [0.15, 0.2) is 6.10 Å². The van der Waals surface area contributed by atoms with Gasteiger partial charge in [-0.1, -0.05) is 34.6 Å². The first-order valence-corrected chi connectivity index (χ1v) is 15.4. The molecule has 7 heteroatoms. The standard InChI is InChI=1S/C32H50F2O5/c1-17-15-19(25(27(5,6)37)38-18(2)35)39-23-22(17)28(7)11-12-31-16-30(31)13-14-32(33,34)26(3,4)20(30)9-10-21(31)29(28,8)24(23)36/h17,19-25,36-37H,9-16H2,1-8H3/t17-,19-,20+,21+,22+,23+,24+,25+,28-,29-,30-,31+/m1/s1. The fourth-order valence-electron chi connectivity index (χ4n) is 12.3. The van der Waals surface area contributed by atoms with E-state index in [9.17, 15) is 15.0 Å². The Morgan fingerprint density at radius 2 is 1.62 bits per heavy atom. The molecule has 2 spiro atoms. The first-order valence-electron chi connectivity index (χ1n) is 15.4. The maximum absolute atomic E-state index is 15.2. The number of halogens is 2. The van der Waals surface area contributed by atoms with Gasteiger partial charge in [0.05, 0.1) is 23.9 Å². The lowest BCUT2D eigenvalue weighted by Crippen LogP contribution is -2.60. The summed E-state index contributed by atoms with van der Waals surface area (Å²) in [6.45, 7) is 15.1. The Morgan fingerprint density at radius 1 is 1.03 bits per heavy atom. The molecule has 0 radical (unpaired) electrons. The quantitative estimate of drug-likeness (QED) is 0.412. The minimum Gasteiger partial charge on any atom is -0.457 e. The Kier molecular flexibility index (Phi) is 5.80. The van der Waals surface area contributed by atoms with E-state index >= 15 is 8.78 Å². The number of ether oxygens (including phenoxy) is 2. The van der Waals surface area contributed by atoms with Gasteiger partial charge in [0.25, 0.3) is 5.92 Å². The summed E-state index contributed by atoms with van der Waals surface area (Å²) in [7, 11) is 0. The molecule has 5 saturated carbocycles. The van der Waals surface area contributed by atoms with Crippen molar-refractivity contribution in [2.45, 2.75) is 143 Å². The predicted molar refractivity (Wildman–Crippen MR) is 143 cm³/mol. The Morgan fingerprint density at radius 3 is 2.23 bits per heavy atom. The lowest BCUT2D eigenvalue weighted by molar-refractivity contribution is -0.223. The summed E-state index contributed by atoms with van der Waals surface area (Å²) < 4.78 is 42.7. The van der Waals surface area contributed by atoms with E-state index in [4.69, 9.17) is 9.47 Å². The first-order chi connectivity index (χ1) is 17.8. The van der Waals surface area contributed by atoms with E-state index in [1.807, 2.05) is 0 Å². The molecular formula is C32H50F2O5. The van der Waals surface area contributed by atoms with E-state index in [2.05, 4.69) is 20.8 Å². The lowest BCUT2D eigenvalue weighted by Gasteiger charge is -2.63. The highest BCUT2D eigenvalue weighted by Crippen LogP contribution is 2.90. The van der Waals surface area contributed by atoms with Crippen molar-refractivity contribution in [2.24, 2.45) is 50.7 Å². The highest BCUT2D eigenvalue weighted by atomic mass is 19.3. The highest BCUT2D eigenvalue weighted by molar-refractivity contribution is 5.66. The monoisotopic (exact) mass is 552 g/mol. The molecule has 5 nitrogen and oxygen atoms in total. The van der Waals surface area contributed by atoms with Crippen molar-refractivity contribution in [3.8, 4) is 0 Å². The van der Waals surface area contributed by atoms with Crippen LogP contribution in [-0.4, -0.2) is 52.1 Å². The van der Waals surface area contributed by atoms with Crippen LogP contribution in [0.1, 0.15) is 107 Å². The molecule has 6 fully saturated rings. The van der Waals surface area contributed by atoms with Crippen LogP contribution < -0.4 is 0 Å². The number of hydrogen-bond acceptors (Lipinski definition) is 5. The Hall–Kier alpha value is -0.790. The van der Waals surface area contributed by atoms with Crippen molar-refractivity contribution in [1.82, 2.24) is 0 Å². The third-order valence-corrected chi connectivity index (χ3v) is 14.2. The van der Waals surface area contributed by atoms with Crippen molar-refractivity contribution in [3.63, 3.8) is 0 Å². The summed E-state index contributed by atoms with van der Waals surface area (Å²) in [4.78, 5) is 11.9. The van der Waals surface area contributed by atoms with E-state index < -0.39 is 52.7 Å². The third kappa shape index (κ3) is 3.25. The second kappa shape index (κ2) is 7.98. The number of carbonyl (C=O) groups excluding carboxylic acids is 1. The van der Waals surface area contributed by atoms with Gasteiger partial charge in [-0.05, 0) is 98.7 Å². The lowest BCUT2D eigenvalue weighted by atomic mass is 9.41. The Balaban J connectivity index is 1.35. The van der Waals surface area contributed by atoms with Crippen LogP contribution in [0, 0.1) is 50.7 Å². The van der Waals surface area contributed by atoms with Crippen LogP contribution in [0.25, 0.3) is 0 Å². The number of aliphatic hydroxyl groups excluding tert-OH is 1. The van der Waals surface area contributed by atoms with Crippen LogP contribution >= 0.6 is 0 Å². The summed E-state index contributed by atoms with van der Waals surface area (Å²) in [5, 5.41) is 23.2. The SMILES string of the molecule is CC(=O)O[C@@H]([C@H]1C[C@@H](C)[C@H]2[C@H](O1)[C@H](O)[C@@]1(C)[C@@H]3CC[C@H]4C(C)(C)C(F)(F)CC[C@@]45C[C@@]35CC[C@]21C)C(C)(C)O. The minimum absolute atomic E-state index is 0.0228. The zero-order chi connectivity index (χ0) is 28.8. The molecule has 0 bridgehead atoms. The van der Waals surface area contributed by atoms with Gasteiger partial charge in [-0.15, -0.1) is 0 Å². The van der Waals surface area contributed by atoms with Gasteiger partial charge in [-0.2, -0.15) is 0 Å². The van der Waals surface area contributed by atoms with E-state index in [1.54, 1.807) is 27.7 Å². The third-order valence-electron chi connectivity index (χ3n) is 14.2. The number of hydrogen-bond donors (Lipinski definition) is 2. The molecule has 12 atom stereocenters. The summed E-state index contributed by atoms with van der Waals surface area (Å²) in [5.41, 5.74) is -2.83. The number of alkyl halides is 2. The fraction of sp³-hybridized carbons (Fsp3) is 0.969. The molecule has 0 unspecified atom stereocenters. The molecule has 0 aromatic rings. The van der Waals surface area contributed by atoms with Crippen LogP contribution in [0.15, 0.2) is 0 Å². The molecule has 1 saturated heterocycles. The van der Waals surface area contributed by atoms with E-state index in [1.165, 1.54) is 6.92 Å². The molecular weight excluding hydrogens is 502 g/mol. The van der Waals surface area contributed by atoms with Gasteiger partial charge in [-0.25, -0.2) is 8.78 Å². The number of rotatable bonds is 3. The van der Waals surface area contributed by atoms with Crippen molar-refractivity contribution in [3.05, 3.63) is 0 Å². The second-order valence-corrected chi connectivity index (χ2v) is 16.3. The molecule has 0 amide bonds. The molecule has 222 valence electrons. The van der Waals surface area contributed by atoms with Gasteiger partial charge < -0.3 is 19.7 Å². The summed E-state index contributed by atoms with van der Waals surface area (Å²) in [5.74, 6) is -2.44. The van der Waals surface area contributed by atoms with Crippen molar-refractivity contribution < 1.29 is 33.3 Å². The smallest absolute Gasteiger partial charge is 0.303 e. The van der Waals surface area contributed by atoms with Gasteiger partial charge in [0, 0.05) is 24.2 Å². The van der Waals surface area contributed by atoms with Crippen molar-refractivity contribution in [2.75, 3.05) is 0 Å². The molecule has 2 N–H and O–H groups in total. The summed E-state index contributed by atoms with van der Waals surface area (Å²) in [6, 6.07) is 0. The zero-order valence-electron chi connectivity index (χ0n) is 25.2. The maximum Gasteiger partial charge on any atom is 0.303 e. The van der Waals surface area contributed by atoms with Crippen LogP contribution in [0.2, 0.25) is 0 Å². The van der Waals surface area contributed by atoms with Crippen LogP contribution in [0.4, 0.5) is 8.78 Å². The second-order valence-electron chi connectivity index (χ2n) is 16.3. The molecule has 6 rings (SSSR count). The average molecular weight is 553 g/mol. The first kappa shape index (κ1) is 28.3. The van der Waals surface area contributed by atoms with Gasteiger partial charge in [0.2, 0.25) is 0 Å². The fourth-order valence-corrected chi connectivity index (χ4v) is 12.3. The molecule has 1 aliphatic heterocycles. The normalized spacial score (nSPS) is 53.8. The molecule has 6 aliphatic rings. The van der Waals surface area contributed by atoms with Crippen LogP contribution in [0.5, 0.6) is 0 Å². The van der Waals surface area contributed by atoms with E-state index in [0.29, 0.717) is 12.8 Å². The molecule has 5 aliphatic carbocycles. The van der Waals surface area contributed by atoms with Crippen LogP contribution in [-0.2, 0) is 14.3 Å².